The van der Waals surface area contributed by atoms with E-state index >= 15 is 0 Å². The van der Waals surface area contributed by atoms with E-state index in [9.17, 15) is 9.59 Å². The highest BCUT2D eigenvalue weighted by Crippen LogP contribution is 2.23. The van der Waals surface area contributed by atoms with E-state index in [1.165, 1.54) is 0 Å². The monoisotopic (exact) mass is 555 g/mol. The van der Waals surface area contributed by atoms with Gasteiger partial charge in [-0.25, -0.2) is 9.97 Å². The van der Waals surface area contributed by atoms with E-state index in [2.05, 4.69) is 34.7 Å². The molecule has 0 unspecified atom stereocenters. The number of nitrogens with one attached hydrogen (secondary N) is 2. The van der Waals surface area contributed by atoms with Gasteiger partial charge in [0.15, 0.2) is 0 Å². The van der Waals surface area contributed by atoms with Gasteiger partial charge in [0.25, 0.3) is 11.8 Å². The number of fused-ring (bicyclic) bond motifs is 4. The number of aromatic nitrogens is 2. The Hall–Kier alpha value is -4.88. The van der Waals surface area contributed by atoms with Crippen molar-refractivity contribution in [1.29, 1.82) is 0 Å². The van der Waals surface area contributed by atoms with Gasteiger partial charge < -0.3 is 15.5 Å². The van der Waals surface area contributed by atoms with Crippen molar-refractivity contribution in [3.8, 4) is 0 Å². The van der Waals surface area contributed by atoms with Crippen molar-refractivity contribution in [2.24, 2.45) is 0 Å². The van der Waals surface area contributed by atoms with E-state index in [0.29, 0.717) is 24.2 Å². The summed E-state index contributed by atoms with van der Waals surface area (Å²) in [4.78, 5) is 37.7. The molecule has 0 fully saturated rings. The fourth-order valence-electron chi connectivity index (χ4n) is 5.37. The Morgan fingerprint density at radius 1 is 0.595 bits per heavy atom. The third-order valence-electron chi connectivity index (χ3n) is 7.59. The summed E-state index contributed by atoms with van der Waals surface area (Å²) in [5.41, 5.74) is 4.39. The molecule has 0 spiro atoms. The van der Waals surface area contributed by atoms with Gasteiger partial charge >= 0.3 is 0 Å². The fourth-order valence-corrected chi connectivity index (χ4v) is 5.37. The molecule has 0 saturated carbocycles. The molecule has 42 heavy (non-hydrogen) atoms. The van der Waals surface area contributed by atoms with Crippen molar-refractivity contribution in [1.82, 2.24) is 25.5 Å². The summed E-state index contributed by atoms with van der Waals surface area (Å²) in [6, 6.07) is 31.5. The average Bonchev–Trinajstić information content (AvgIpc) is 3.02. The van der Waals surface area contributed by atoms with E-state index in [-0.39, 0.29) is 11.8 Å². The van der Waals surface area contributed by atoms with Gasteiger partial charge in [-0.3, -0.25) is 9.59 Å². The van der Waals surface area contributed by atoms with Crippen LogP contribution in [0.4, 0.5) is 0 Å². The first-order valence-corrected chi connectivity index (χ1v) is 14.4. The molecule has 7 nitrogen and oxygen atoms in total. The zero-order valence-corrected chi connectivity index (χ0v) is 23.6. The predicted octanol–water partition coefficient (Wildman–Crippen LogP) is 5.96. The van der Waals surface area contributed by atoms with Crippen molar-refractivity contribution < 1.29 is 9.59 Å². The number of carbonyl (C=O) groups excluding carboxylic acids is 2. The van der Waals surface area contributed by atoms with E-state index in [1.807, 2.05) is 84.9 Å². The highest BCUT2D eigenvalue weighted by Gasteiger charge is 2.13. The molecule has 2 N–H and O–H groups in total. The minimum absolute atomic E-state index is 0.107. The second-order valence-electron chi connectivity index (χ2n) is 10.6. The third kappa shape index (κ3) is 5.92. The lowest BCUT2D eigenvalue weighted by atomic mass is 10.1. The van der Waals surface area contributed by atoms with Gasteiger partial charge in [-0.05, 0) is 69.4 Å². The second-order valence-corrected chi connectivity index (χ2v) is 10.6. The van der Waals surface area contributed by atoms with Crippen LogP contribution in [-0.4, -0.2) is 59.9 Å². The van der Waals surface area contributed by atoms with Crippen LogP contribution in [0.1, 0.15) is 33.6 Å². The first kappa shape index (κ1) is 27.3. The largest absolute Gasteiger partial charge is 0.352 e. The Labute approximate surface area is 244 Å². The summed E-state index contributed by atoms with van der Waals surface area (Å²) in [5, 5.41) is 10.1. The maximum Gasteiger partial charge on any atom is 0.253 e. The number of hydrogen-bond acceptors (Lipinski definition) is 5. The van der Waals surface area contributed by atoms with Crippen LogP contribution in [-0.2, 0) is 0 Å². The number of amides is 2. The third-order valence-corrected chi connectivity index (χ3v) is 7.59. The minimum Gasteiger partial charge on any atom is -0.352 e. The Morgan fingerprint density at radius 3 is 1.50 bits per heavy atom. The molecular weight excluding hydrogens is 522 g/mol. The molecule has 0 aliphatic heterocycles. The van der Waals surface area contributed by atoms with E-state index < -0.39 is 0 Å². The molecule has 6 rings (SSSR count). The lowest BCUT2D eigenvalue weighted by molar-refractivity contribution is 0.0947. The number of pyridine rings is 2. The topological polar surface area (TPSA) is 87.2 Å². The zero-order valence-electron chi connectivity index (χ0n) is 23.6. The summed E-state index contributed by atoms with van der Waals surface area (Å²) in [7, 11) is 2.06. The van der Waals surface area contributed by atoms with Gasteiger partial charge in [-0.2, -0.15) is 0 Å². The highest BCUT2D eigenvalue weighted by molar-refractivity contribution is 6.08. The SMILES string of the molecule is CN(CCCNC(=O)c1cccc2cc3ccccc3nc12)CCCNC(=O)c1cccc2cc3ccccc3nc12. The second kappa shape index (κ2) is 12.3. The molecule has 4 aromatic carbocycles. The van der Waals surface area contributed by atoms with Gasteiger partial charge in [0.05, 0.1) is 33.2 Å². The lowest BCUT2D eigenvalue weighted by Gasteiger charge is -2.17. The molecule has 2 aromatic heterocycles. The van der Waals surface area contributed by atoms with Crippen molar-refractivity contribution in [3.05, 3.63) is 108 Å². The van der Waals surface area contributed by atoms with Crippen molar-refractivity contribution in [2.75, 3.05) is 33.2 Å². The summed E-state index contributed by atoms with van der Waals surface area (Å²) >= 11 is 0. The number of nitrogens with zero attached hydrogens (tertiary/aromatic N) is 3. The number of hydrogen-bond donors (Lipinski definition) is 2. The molecule has 0 aliphatic rings. The summed E-state index contributed by atoms with van der Waals surface area (Å²) in [6.45, 7) is 2.83. The van der Waals surface area contributed by atoms with Crippen molar-refractivity contribution in [3.63, 3.8) is 0 Å². The van der Waals surface area contributed by atoms with Crippen LogP contribution in [0.2, 0.25) is 0 Å². The summed E-state index contributed by atoms with van der Waals surface area (Å²) in [6.07, 6.45) is 1.65. The van der Waals surface area contributed by atoms with Crippen LogP contribution in [0.15, 0.2) is 97.1 Å². The molecule has 0 saturated heterocycles. The van der Waals surface area contributed by atoms with Gasteiger partial charge in [0, 0.05) is 34.6 Å². The van der Waals surface area contributed by atoms with Crippen LogP contribution in [0.25, 0.3) is 43.6 Å². The average molecular weight is 556 g/mol. The molecule has 0 radical (unpaired) electrons. The Bertz CT molecular complexity index is 1780. The molecule has 0 atom stereocenters. The van der Waals surface area contributed by atoms with E-state index in [4.69, 9.17) is 9.97 Å². The first-order chi connectivity index (χ1) is 20.6. The molecule has 7 heteroatoms. The van der Waals surface area contributed by atoms with Crippen molar-refractivity contribution >= 4 is 55.4 Å². The Kier molecular flexibility index (Phi) is 8.01. The molecule has 0 aliphatic carbocycles. The number of benzene rings is 4. The van der Waals surface area contributed by atoms with Crippen LogP contribution in [0, 0.1) is 0 Å². The zero-order chi connectivity index (χ0) is 28.9. The van der Waals surface area contributed by atoms with E-state index in [0.717, 1.165) is 69.5 Å². The van der Waals surface area contributed by atoms with Crippen LogP contribution >= 0.6 is 0 Å². The number of carbonyl (C=O) groups is 2. The highest BCUT2D eigenvalue weighted by atomic mass is 16.2. The molecule has 2 heterocycles. The molecular formula is C35H33N5O2. The lowest BCUT2D eigenvalue weighted by Crippen LogP contribution is -2.31. The maximum absolute atomic E-state index is 13.0. The molecule has 210 valence electrons. The van der Waals surface area contributed by atoms with Crippen molar-refractivity contribution in [2.45, 2.75) is 12.8 Å². The normalized spacial score (nSPS) is 11.5. The van der Waals surface area contributed by atoms with Crippen LogP contribution in [0.5, 0.6) is 0 Å². The van der Waals surface area contributed by atoms with Gasteiger partial charge in [0.2, 0.25) is 0 Å². The van der Waals surface area contributed by atoms with Gasteiger partial charge in [-0.1, -0.05) is 60.7 Å². The van der Waals surface area contributed by atoms with E-state index in [1.54, 1.807) is 0 Å². The number of para-hydroxylation sites is 4. The summed E-state index contributed by atoms with van der Waals surface area (Å²) in [5.74, 6) is -0.214. The van der Waals surface area contributed by atoms with Gasteiger partial charge in [-0.15, -0.1) is 0 Å². The standard InChI is InChI=1S/C35H33N5O2/c1-40(20-8-18-36-34(41)28-14-6-12-26-22-24-10-2-4-16-30(24)38-32(26)28)21-9-19-37-35(42)29-15-7-13-27-23-25-11-3-5-17-31(25)39-33(27)29/h2-7,10-17,22-23H,8-9,18-21H2,1H3,(H,36,41)(H,37,42). The van der Waals surface area contributed by atoms with Crippen LogP contribution < -0.4 is 10.6 Å². The molecule has 6 aromatic rings. The van der Waals surface area contributed by atoms with Gasteiger partial charge in [0.1, 0.15) is 0 Å². The fraction of sp³-hybridized carbons (Fsp3) is 0.200. The minimum atomic E-state index is -0.107. The Balaban J connectivity index is 0.956. The predicted molar refractivity (Wildman–Crippen MR) is 170 cm³/mol. The molecule has 2 amide bonds. The summed E-state index contributed by atoms with van der Waals surface area (Å²) < 4.78 is 0. The Morgan fingerprint density at radius 2 is 1.02 bits per heavy atom. The smallest absolute Gasteiger partial charge is 0.253 e. The first-order valence-electron chi connectivity index (χ1n) is 14.4. The maximum atomic E-state index is 13.0. The number of rotatable bonds is 10. The molecule has 0 bridgehead atoms. The van der Waals surface area contributed by atoms with Crippen LogP contribution in [0.3, 0.4) is 0 Å². The quantitative estimate of drug-likeness (QED) is 0.161.